The largest absolute Gasteiger partial charge is 0.490 e. The van der Waals surface area contributed by atoms with Gasteiger partial charge in [-0.3, -0.25) is 4.79 Å². The van der Waals surface area contributed by atoms with Gasteiger partial charge < -0.3 is 14.8 Å². The molecule has 6 nitrogen and oxygen atoms in total. The fourth-order valence-corrected chi connectivity index (χ4v) is 3.12. The van der Waals surface area contributed by atoms with Crippen molar-refractivity contribution >= 4 is 27.5 Å². The average Bonchev–Trinajstić information content (AvgIpc) is 2.90. The van der Waals surface area contributed by atoms with E-state index < -0.39 is 0 Å². The minimum absolute atomic E-state index is 0.214. The normalized spacial score (nSPS) is 13.1. The Balaban J connectivity index is 1.55. The minimum atomic E-state index is -0.378. The van der Waals surface area contributed by atoms with Crippen LogP contribution >= 0.6 is 15.9 Å². The molecule has 0 saturated heterocycles. The summed E-state index contributed by atoms with van der Waals surface area (Å²) < 4.78 is 26.3. The van der Waals surface area contributed by atoms with Gasteiger partial charge in [-0.15, -0.1) is 0 Å². The number of rotatable bonds is 3. The molecule has 2 heterocycles. The maximum atomic E-state index is 13.1. The Morgan fingerprint density at radius 1 is 1.11 bits per heavy atom. The van der Waals surface area contributed by atoms with Gasteiger partial charge in [0.2, 0.25) is 0 Å². The number of benzene rings is 2. The number of carbonyl (C=O) groups is 1. The number of halogens is 2. The van der Waals surface area contributed by atoms with Crippen molar-refractivity contribution in [1.82, 2.24) is 9.78 Å². The summed E-state index contributed by atoms with van der Waals surface area (Å²) in [7, 11) is 0. The summed E-state index contributed by atoms with van der Waals surface area (Å²) in [6.45, 7) is 1.17. The van der Waals surface area contributed by atoms with Crippen LogP contribution in [-0.4, -0.2) is 28.9 Å². The number of nitrogens with one attached hydrogen (secondary N) is 1. The van der Waals surface area contributed by atoms with Gasteiger partial charge in [-0.25, -0.2) is 9.07 Å². The van der Waals surface area contributed by atoms with Crippen molar-refractivity contribution in [2.75, 3.05) is 18.5 Å². The van der Waals surface area contributed by atoms with Gasteiger partial charge in [-0.05, 0) is 52.3 Å². The molecule has 0 aliphatic carbocycles. The van der Waals surface area contributed by atoms with E-state index in [1.807, 2.05) is 0 Å². The number of amides is 1. The van der Waals surface area contributed by atoms with Gasteiger partial charge in [0.15, 0.2) is 17.2 Å². The molecular weight excluding hydrogens is 417 g/mol. The summed E-state index contributed by atoms with van der Waals surface area (Å²) in [6.07, 6.45) is 2.46. The second-order valence-electron chi connectivity index (χ2n) is 5.91. The van der Waals surface area contributed by atoms with Crippen LogP contribution in [0.25, 0.3) is 5.69 Å². The van der Waals surface area contributed by atoms with Gasteiger partial charge in [-0.2, -0.15) is 5.10 Å². The van der Waals surface area contributed by atoms with E-state index in [9.17, 15) is 9.18 Å². The van der Waals surface area contributed by atoms with Gasteiger partial charge >= 0.3 is 0 Å². The fourth-order valence-electron chi connectivity index (χ4n) is 2.66. The summed E-state index contributed by atoms with van der Waals surface area (Å²) in [4.78, 5) is 12.6. The number of nitrogens with zero attached hydrogens (tertiary/aromatic N) is 2. The Morgan fingerprint density at radius 2 is 1.85 bits per heavy atom. The summed E-state index contributed by atoms with van der Waals surface area (Å²) in [5.41, 5.74) is 1.44. The zero-order chi connectivity index (χ0) is 18.8. The molecule has 0 unspecified atom stereocenters. The second-order valence-corrected chi connectivity index (χ2v) is 6.77. The van der Waals surface area contributed by atoms with Crippen molar-refractivity contribution in [3.63, 3.8) is 0 Å². The van der Waals surface area contributed by atoms with Gasteiger partial charge in [0.25, 0.3) is 5.91 Å². The van der Waals surface area contributed by atoms with Crippen LogP contribution in [0.3, 0.4) is 0 Å². The lowest BCUT2D eigenvalue weighted by molar-refractivity contribution is 0.102. The SMILES string of the molecule is O=C(Nc1ccc2c(c1)OCCCO2)c1nn(-c2ccc(F)cc2)cc1Br. The molecule has 8 heteroatoms. The van der Waals surface area contributed by atoms with Gasteiger partial charge in [-0.1, -0.05) is 0 Å². The maximum Gasteiger partial charge on any atom is 0.277 e. The molecule has 3 aromatic rings. The molecule has 1 aromatic heterocycles. The molecule has 138 valence electrons. The molecule has 1 amide bonds. The summed E-state index contributed by atoms with van der Waals surface area (Å²) in [5.74, 6) is 0.544. The van der Waals surface area contributed by atoms with E-state index in [-0.39, 0.29) is 17.4 Å². The number of aromatic nitrogens is 2. The highest BCUT2D eigenvalue weighted by molar-refractivity contribution is 9.10. The molecule has 0 spiro atoms. The van der Waals surface area contributed by atoms with Gasteiger partial charge in [0, 0.05) is 24.4 Å². The minimum Gasteiger partial charge on any atom is -0.490 e. The van der Waals surface area contributed by atoms with Crippen molar-refractivity contribution in [2.45, 2.75) is 6.42 Å². The Labute approximate surface area is 163 Å². The number of fused-ring (bicyclic) bond motifs is 1. The van der Waals surface area contributed by atoms with E-state index >= 15 is 0 Å². The molecule has 0 radical (unpaired) electrons. The lowest BCUT2D eigenvalue weighted by atomic mass is 10.2. The number of ether oxygens (including phenoxy) is 2. The number of anilines is 1. The highest BCUT2D eigenvalue weighted by Crippen LogP contribution is 2.32. The lowest BCUT2D eigenvalue weighted by Crippen LogP contribution is -2.14. The summed E-state index contributed by atoms with van der Waals surface area (Å²) in [6, 6.07) is 11.1. The summed E-state index contributed by atoms with van der Waals surface area (Å²) >= 11 is 3.35. The monoisotopic (exact) mass is 431 g/mol. The van der Waals surface area contributed by atoms with Crippen molar-refractivity contribution in [3.8, 4) is 17.2 Å². The van der Waals surface area contributed by atoms with Crippen LogP contribution in [0.5, 0.6) is 11.5 Å². The molecule has 1 aliphatic rings. The van der Waals surface area contributed by atoms with Crippen LogP contribution in [-0.2, 0) is 0 Å². The van der Waals surface area contributed by atoms with Gasteiger partial charge in [0.05, 0.1) is 23.4 Å². The number of carbonyl (C=O) groups excluding carboxylic acids is 1. The van der Waals surface area contributed by atoms with E-state index in [0.717, 1.165) is 6.42 Å². The number of hydrogen-bond donors (Lipinski definition) is 1. The van der Waals surface area contributed by atoms with Crippen molar-refractivity contribution in [3.05, 3.63) is 64.6 Å². The molecule has 27 heavy (non-hydrogen) atoms. The Bertz CT molecular complexity index is 988. The standard InChI is InChI=1S/C19H15BrFN3O3/c20-15-11-24(14-5-2-12(21)3-6-14)23-18(15)19(25)22-13-4-7-16-17(10-13)27-9-1-8-26-16/h2-7,10-11H,1,8-9H2,(H,22,25). The highest BCUT2D eigenvalue weighted by Gasteiger charge is 2.18. The topological polar surface area (TPSA) is 65.4 Å². The first kappa shape index (κ1) is 17.5. The predicted molar refractivity (Wildman–Crippen MR) is 101 cm³/mol. The van der Waals surface area contributed by atoms with Gasteiger partial charge in [0.1, 0.15) is 5.82 Å². The second kappa shape index (κ2) is 7.40. The molecule has 2 aromatic carbocycles. The third-order valence-electron chi connectivity index (χ3n) is 3.98. The van der Waals surface area contributed by atoms with E-state index in [2.05, 4.69) is 26.3 Å². The molecule has 4 rings (SSSR count). The first-order chi connectivity index (χ1) is 13.1. The zero-order valence-corrected chi connectivity index (χ0v) is 15.7. The fraction of sp³-hybridized carbons (Fsp3) is 0.158. The third-order valence-corrected chi connectivity index (χ3v) is 4.56. The van der Waals surface area contributed by atoms with Crippen LogP contribution in [0, 0.1) is 5.82 Å². The van der Waals surface area contributed by atoms with Crippen LogP contribution in [0.2, 0.25) is 0 Å². The molecule has 0 fully saturated rings. The van der Waals surface area contributed by atoms with Crippen molar-refractivity contribution in [1.29, 1.82) is 0 Å². The first-order valence-corrected chi connectivity index (χ1v) is 9.11. The maximum absolute atomic E-state index is 13.1. The Hall–Kier alpha value is -2.87. The Morgan fingerprint density at radius 3 is 2.63 bits per heavy atom. The van der Waals surface area contributed by atoms with Crippen LogP contribution < -0.4 is 14.8 Å². The zero-order valence-electron chi connectivity index (χ0n) is 14.1. The van der Waals surface area contributed by atoms with Crippen molar-refractivity contribution < 1.29 is 18.7 Å². The molecule has 0 saturated carbocycles. The van der Waals surface area contributed by atoms with E-state index in [1.165, 1.54) is 16.8 Å². The molecular formula is C19H15BrFN3O3. The predicted octanol–water partition coefficient (Wildman–Crippen LogP) is 4.19. The average molecular weight is 432 g/mol. The molecule has 0 bridgehead atoms. The summed E-state index contributed by atoms with van der Waals surface area (Å²) in [5, 5.41) is 7.09. The molecule has 0 atom stereocenters. The first-order valence-electron chi connectivity index (χ1n) is 8.32. The third kappa shape index (κ3) is 3.80. The Kier molecular flexibility index (Phi) is 4.81. The molecule has 1 N–H and O–H groups in total. The lowest BCUT2D eigenvalue weighted by Gasteiger charge is -2.10. The number of hydrogen-bond acceptors (Lipinski definition) is 4. The van der Waals surface area contributed by atoms with Crippen LogP contribution in [0.1, 0.15) is 16.9 Å². The highest BCUT2D eigenvalue weighted by atomic mass is 79.9. The van der Waals surface area contributed by atoms with E-state index in [1.54, 1.807) is 36.5 Å². The smallest absolute Gasteiger partial charge is 0.277 e. The van der Waals surface area contributed by atoms with E-state index in [0.29, 0.717) is 40.6 Å². The van der Waals surface area contributed by atoms with Crippen molar-refractivity contribution in [2.24, 2.45) is 0 Å². The van der Waals surface area contributed by atoms with E-state index in [4.69, 9.17) is 9.47 Å². The molecule has 1 aliphatic heterocycles. The van der Waals surface area contributed by atoms with Crippen LogP contribution in [0.15, 0.2) is 53.1 Å². The quantitative estimate of drug-likeness (QED) is 0.675. The van der Waals surface area contributed by atoms with Crippen LogP contribution in [0.4, 0.5) is 10.1 Å².